The van der Waals surface area contributed by atoms with Crippen molar-refractivity contribution in [3.8, 4) is 0 Å². The zero-order valence-electron chi connectivity index (χ0n) is 10.9. The Kier molecular flexibility index (Phi) is 3.65. The molecule has 7 heteroatoms. The molecule has 0 amide bonds. The molecular weight excluding hydrogens is 278 g/mol. The summed E-state index contributed by atoms with van der Waals surface area (Å²) in [5.74, 6) is 3.23. The van der Waals surface area contributed by atoms with Crippen molar-refractivity contribution in [2.45, 2.75) is 42.0 Å². The molecule has 1 fully saturated rings. The van der Waals surface area contributed by atoms with Gasteiger partial charge in [0, 0.05) is 18.5 Å². The van der Waals surface area contributed by atoms with Crippen molar-refractivity contribution in [3.63, 3.8) is 0 Å². The van der Waals surface area contributed by atoms with E-state index in [9.17, 15) is 0 Å². The number of nitrogens with one attached hydrogen (secondary N) is 1. The molecule has 1 saturated carbocycles. The summed E-state index contributed by atoms with van der Waals surface area (Å²) in [4.78, 5) is 13.6. The van der Waals surface area contributed by atoms with Gasteiger partial charge in [-0.05, 0) is 50.0 Å². The van der Waals surface area contributed by atoms with E-state index >= 15 is 0 Å². The van der Waals surface area contributed by atoms with Gasteiger partial charge in [-0.15, -0.1) is 0 Å². The first-order chi connectivity index (χ1) is 9.24. The summed E-state index contributed by atoms with van der Waals surface area (Å²) in [5, 5.41) is 4.21. The van der Waals surface area contributed by atoms with Gasteiger partial charge in [0.15, 0.2) is 4.34 Å². The fourth-order valence-electron chi connectivity index (χ4n) is 1.70. The lowest BCUT2D eigenvalue weighted by Gasteiger charge is -2.07. The lowest BCUT2D eigenvalue weighted by molar-refractivity contribution is 0.876. The Balaban J connectivity index is 1.86. The Morgan fingerprint density at radius 3 is 2.84 bits per heavy atom. The highest BCUT2D eigenvalue weighted by atomic mass is 32.2. The monoisotopic (exact) mass is 293 g/mol. The third-order valence-electron chi connectivity index (χ3n) is 2.72. The van der Waals surface area contributed by atoms with Crippen LogP contribution in [-0.4, -0.2) is 25.9 Å². The first kappa shape index (κ1) is 12.8. The number of aromatic nitrogens is 4. The summed E-state index contributed by atoms with van der Waals surface area (Å²) in [6, 6.07) is 1.98. The molecule has 100 valence electrons. The molecule has 2 aromatic heterocycles. The van der Waals surface area contributed by atoms with Crippen molar-refractivity contribution in [2.24, 2.45) is 0 Å². The molecule has 0 atom stereocenters. The van der Waals surface area contributed by atoms with Gasteiger partial charge in [-0.3, -0.25) is 0 Å². The van der Waals surface area contributed by atoms with Gasteiger partial charge < -0.3 is 5.32 Å². The Bertz CT molecular complexity index is 579. The number of aryl methyl sites for hydroxylation is 1. The summed E-state index contributed by atoms with van der Waals surface area (Å²) in [5.41, 5.74) is 0. The van der Waals surface area contributed by atoms with Crippen LogP contribution in [0.5, 0.6) is 0 Å². The van der Waals surface area contributed by atoms with Crippen molar-refractivity contribution in [3.05, 3.63) is 17.7 Å². The van der Waals surface area contributed by atoms with Crippen LogP contribution >= 0.6 is 23.3 Å². The van der Waals surface area contributed by atoms with E-state index in [-0.39, 0.29) is 0 Å². The number of hydrogen-bond donors (Lipinski definition) is 1. The van der Waals surface area contributed by atoms with E-state index in [1.54, 1.807) is 11.8 Å². The van der Waals surface area contributed by atoms with Crippen LogP contribution in [0, 0.1) is 6.92 Å². The smallest absolute Gasteiger partial charge is 0.176 e. The highest BCUT2D eigenvalue weighted by Gasteiger charge is 2.27. The molecule has 2 aromatic rings. The minimum atomic E-state index is 0.550. The van der Waals surface area contributed by atoms with Crippen molar-refractivity contribution < 1.29 is 0 Å². The summed E-state index contributed by atoms with van der Waals surface area (Å²) < 4.78 is 5.12. The first-order valence-electron chi connectivity index (χ1n) is 6.35. The molecule has 3 rings (SSSR count). The second-order valence-electron chi connectivity index (χ2n) is 4.46. The zero-order valence-corrected chi connectivity index (χ0v) is 12.5. The fourth-order valence-corrected chi connectivity index (χ4v) is 3.31. The lowest BCUT2D eigenvalue weighted by Crippen LogP contribution is -2.03. The molecule has 1 N–H and O–H groups in total. The number of nitrogens with zero attached hydrogens (tertiary/aromatic N) is 4. The Labute approximate surface area is 120 Å². The van der Waals surface area contributed by atoms with Gasteiger partial charge in [0.2, 0.25) is 0 Å². The molecule has 0 bridgehead atoms. The third-order valence-corrected chi connectivity index (χ3v) is 4.48. The average molecular weight is 293 g/mol. The van der Waals surface area contributed by atoms with Crippen LogP contribution in [0.3, 0.4) is 0 Å². The zero-order chi connectivity index (χ0) is 13.2. The SMILES string of the molecule is CCNc1cc(Sc2nc(C)ns2)nc(C2CC2)n1. The van der Waals surface area contributed by atoms with Gasteiger partial charge in [0.1, 0.15) is 22.5 Å². The van der Waals surface area contributed by atoms with E-state index in [4.69, 9.17) is 0 Å². The van der Waals surface area contributed by atoms with Crippen molar-refractivity contribution in [2.75, 3.05) is 11.9 Å². The van der Waals surface area contributed by atoms with Crippen molar-refractivity contribution >= 4 is 29.1 Å². The standard InChI is InChI=1S/C12H15N5S2/c1-3-13-9-6-10(16-11(15-9)8-4-5-8)18-12-14-7(2)17-19-12/h6,8H,3-5H2,1-2H3,(H,13,15,16). The highest BCUT2D eigenvalue weighted by Crippen LogP contribution is 2.39. The summed E-state index contributed by atoms with van der Waals surface area (Å²) in [6.45, 7) is 4.84. The quantitative estimate of drug-likeness (QED) is 0.855. The van der Waals surface area contributed by atoms with E-state index in [0.29, 0.717) is 5.92 Å². The maximum absolute atomic E-state index is 4.63. The van der Waals surface area contributed by atoms with E-state index in [2.05, 4.69) is 31.6 Å². The van der Waals surface area contributed by atoms with Crippen LogP contribution in [0.15, 0.2) is 15.4 Å². The second-order valence-corrected chi connectivity index (χ2v) is 6.48. The molecule has 0 spiro atoms. The number of anilines is 1. The third kappa shape index (κ3) is 3.22. The van der Waals surface area contributed by atoms with Crippen LogP contribution in [0.1, 0.15) is 37.3 Å². The van der Waals surface area contributed by atoms with Crippen LogP contribution in [0.4, 0.5) is 5.82 Å². The molecule has 1 aliphatic rings. The maximum atomic E-state index is 4.63. The van der Waals surface area contributed by atoms with E-state index in [1.807, 2.05) is 13.0 Å². The van der Waals surface area contributed by atoms with Crippen LogP contribution < -0.4 is 5.32 Å². The predicted octanol–water partition coefficient (Wildman–Crippen LogP) is 3.10. The normalized spacial score (nSPS) is 14.6. The second kappa shape index (κ2) is 5.42. The van der Waals surface area contributed by atoms with Gasteiger partial charge >= 0.3 is 0 Å². The molecule has 0 unspecified atom stereocenters. The minimum absolute atomic E-state index is 0.550. The molecule has 1 aliphatic carbocycles. The van der Waals surface area contributed by atoms with Crippen LogP contribution in [0.25, 0.3) is 0 Å². The fraction of sp³-hybridized carbons (Fsp3) is 0.500. The highest BCUT2D eigenvalue weighted by molar-refractivity contribution is 8.00. The topological polar surface area (TPSA) is 63.6 Å². The van der Waals surface area contributed by atoms with Gasteiger partial charge in [-0.25, -0.2) is 15.0 Å². The lowest BCUT2D eigenvalue weighted by atomic mass is 10.4. The predicted molar refractivity (Wildman–Crippen MR) is 76.9 cm³/mol. The molecule has 5 nitrogen and oxygen atoms in total. The van der Waals surface area contributed by atoms with Gasteiger partial charge in [-0.1, -0.05) is 0 Å². The van der Waals surface area contributed by atoms with E-state index in [0.717, 1.165) is 33.4 Å². The Hall–Kier alpha value is -1.21. The molecular formula is C12H15N5S2. The molecule has 0 radical (unpaired) electrons. The van der Waals surface area contributed by atoms with E-state index in [1.165, 1.54) is 24.4 Å². The maximum Gasteiger partial charge on any atom is 0.176 e. The molecule has 0 aromatic carbocycles. The number of hydrogen-bond acceptors (Lipinski definition) is 7. The summed E-state index contributed by atoms with van der Waals surface area (Å²) >= 11 is 2.98. The number of rotatable bonds is 5. The average Bonchev–Trinajstić information content (AvgIpc) is 3.14. The van der Waals surface area contributed by atoms with Crippen molar-refractivity contribution in [1.82, 2.24) is 19.3 Å². The minimum Gasteiger partial charge on any atom is -0.370 e. The molecule has 0 saturated heterocycles. The largest absolute Gasteiger partial charge is 0.370 e. The van der Waals surface area contributed by atoms with E-state index < -0.39 is 0 Å². The summed E-state index contributed by atoms with van der Waals surface area (Å²) in [7, 11) is 0. The van der Waals surface area contributed by atoms with Gasteiger partial charge in [0.05, 0.1) is 0 Å². The Morgan fingerprint density at radius 1 is 1.37 bits per heavy atom. The molecule has 19 heavy (non-hydrogen) atoms. The Morgan fingerprint density at radius 2 is 2.21 bits per heavy atom. The van der Waals surface area contributed by atoms with Crippen molar-refractivity contribution in [1.29, 1.82) is 0 Å². The van der Waals surface area contributed by atoms with Gasteiger partial charge in [0.25, 0.3) is 0 Å². The first-order valence-corrected chi connectivity index (χ1v) is 7.94. The summed E-state index contributed by atoms with van der Waals surface area (Å²) in [6.07, 6.45) is 2.41. The van der Waals surface area contributed by atoms with Crippen LogP contribution in [0.2, 0.25) is 0 Å². The van der Waals surface area contributed by atoms with Crippen LogP contribution in [-0.2, 0) is 0 Å². The molecule has 2 heterocycles. The van der Waals surface area contributed by atoms with Gasteiger partial charge in [-0.2, -0.15) is 4.37 Å². The molecule has 0 aliphatic heterocycles.